The van der Waals surface area contributed by atoms with Crippen LogP contribution in [0, 0.1) is 6.92 Å². The lowest BCUT2D eigenvalue weighted by molar-refractivity contribution is 0.101. The average Bonchev–Trinajstić information content (AvgIpc) is 3.41. The van der Waals surface area contributed by atoms with Gasteiger partial charge in [0.05, 0.1) is 51.5 Å². The molecule has 11 heteroatoms. The highest BCUT2D eigenvalue weighted by atomic mass is 16.5. The first-order valence-corrected chi connectivity index (χ1v) is 12.8. The number of rotatable bonds is 10. The van der Waals surface area contributed by atoms with Crippen molar-refractivity contribution >= 4 is 22.6 Å². The Morgan fingerprint density at radius 2 is 1.66 bits per heavy atom. The fourth-order valence-electron chi connectivity index (χ4n) is 4.27. The van der Waals surface area contributed by atoms with Gasteiger partial charge in [-0.25, -0.2) is 9.67 Å². The summed E-state index contributed by atoms with van der Waals surface area (Å²) in [6.45, 7) is 4.16. The topological polar surface area (TPSA) is 119 Å². The van der Waals surface area contributed by atoms with Crippen LogP contribution in [0.1, 0.15) is 23.0 Å². The summed E-state index contributed by atoms with van der Waals surface area (Å²) < 4.78 is 29.5. The van der Waals surface area contributed by atoms with Gasteiger partial charge in [0, 0.05) is 17.6 Å². The maximum absolute atomic E-state index is 13.2. The predicted octanol–water partition coefficient (Wildman–Crippen LogP) is 5.59. The summed E-state index contributed by atoms with van der Waals surface area (Å²) >= 11 is 0. The van der Waals surface area contributed by atoms with Crippen LogP contribution >= 0.6 is 0 Å². The molecular formula is C30H29N5O6. The zero-order valence-electron chi connectivity index (χ0n) is 23.3. The standard InChI is InChI=1S/C30H29N5O6/c1-6-40-27-17-35(23-9-7-19(37-3)13-18(23)2)34-29(27)30(36)33-28-10-8-20(16-32-28)41-24-11-12-31-22-15-26(39-5)25(38-4)14-21(22)24/h7-17H,6H2,1-5H3,(H,32,33,36). The number of pyridine rings is 2. The van der Waals surface area contributed by atoms with Crippen LogP contribution in [0.5, 0.6) is 34.5 Å². The second-order valence-electron chi connectivity index (χ2n) is 8.84. The van der Waals surface area contributed by atoms with Crippen molar-refractivity contribution < 1.29 is 28.5 Å². The Balaban J connectivity index is 1.35. The molecule has 2 aromatic carbocycles. The number of ether oxygens (including phenoxy) is 5. The zero-order valence-corrected chi connectivity index (χ0v) is 23.3. The van der Waals surface area contributed by atoms with Gasteiger partial charge < -0.3 is 29.0 Å². The first-order valence-electron chi connectivity index (χ1n) is 12.8. The van der Waals surface area contributed by atoms with Crippen molar-refractivity contribution in [3.63, 3.8) is 0 Å². The van der Waals surface area contributed by atoms with Gasteiger partial charge in [-0.1, -0.05) is 0 Å². The molecule has 3 aromatic heterocycles. The van der Waals surface area contributed by atoms with Gasteiger partial charge in [-0.2, -0.15) is 5.10 Å². The molecule has 0 radical (unpaired) electrons. The van der Waals surface area contributed by atoms with E-state index < -0.39 is 5.91 Å². The van der Waals surface area contributed by atoms with Crippen LogP contribution < -0.4 is 29.0 Å². The lowest BCUT2D eigenvalue weighted by Crippen LogP contribution is -2.15. The molecule has 0 fully saturated rings. The molecule has 5 aromatic rings. The third-order valence-corrected chi connectivity index (χ3v) is 6.26. The highest BCUT2D eigenvalue weighted by Crippen LogP contribution is 2.37. The number of amides is 1. The number of nitrogens with zero attached hydrogens (tertiary/aromatic N) is 4. The summed E-state index contributed by atoms with van der Waals surface area (Å²) in [4.78, 5) is 21.9. The van der Waals surface area contributed by atoms with Gasteiger partial charge in [-0.3, -0.25) is 9.78 Å². The largest absolute Gasteiger partial charge is 0.497 e. The van der Waals surface area contributed by atoms with E-state index in [2.05, 4.69) is 20.4 Å². The maximum atomic E-state index is 13.2. The van der Waals surface area contributed by atoms with Gasteiger partial charge in [-0.05, 0) is 61.9 Å². The minimum Gasteiger partial charge on any atom is -0.497 e. The zero-order chi connectivity index (χ0) is 28.9. The lowest BCUT2D eigenvalue weighted by atomic mass is 10.2. The molecule has 0 aliphatic heterocycles. The van der Waals surface area contributed by atoms with Gasteiger partial charge in [0.15, 0.2) is 22.9 Å². The lowest BCUT2D eigenvalue weighted by Gasteiger charge is -2.12. The monoisotopic (exact) mass is 555 g/mol. The van der Waals surface area contributed by atoms with E-state index in [9.17, 15) is 4.79 Å². The number of hydrogen-bond acceptors (Lipinski definition) is 9. The molecule has 11 nitrogen and oxygen atoms in total. The minimum atomic E-state index is -0.458. The average molecular weight is 556 g/mol. The van der Waals surface area contributed by atoms with Crippen LogP contribution in [0.25, 0.3) is 16.6 Å². The van der Waals surface area contributed by atoms with Gasteiger partial charge >= 0.3 is 0 Å². The van der Waals surface area contributed by atoms with E-state index in [0.717, 1.165) is 22.4 Å². The summed E-state index contributed by atoms with van der Waals surface area (Å²) in [7, 11) is 4.75. The molecule has 41 heavy (non-hydrogen) atoms. The van der Waals surface area contributed by atoms with Crippen molar-refractivity contribution in [2.75, 3.05) is 33.3 Å². The van der Waals surface area contributed by atoms with Crippen molar-refractivity contribution in [3.8, 4) is 40.2 Å². The fourth-order valence-corrected chi connectivity index (χ4v) is 4.27. The number of carbonyl (C=O) groups excluding carboxylic acids is 1. The van der Waals surface area contributed by atoms with Gasteiger partial charge in [-0.15, -0.1) is 0 Å². The molecule has 210 valence electrons. The van der Waals surface area contributed by atoms with Gasteiger partial charge in [0.2, 0.25) is 0 Å². The molecule has 0 bridgehead atoms. The van der Waals surface area contributed by atoms with E-state index in [1.165, 1.54) is 6.20 Å². The number of anilines is 1. The molecule has 1 N–H and O–H groups in total. The highest BCUT2D eigenvalue weighted by molar-refractivity contribution is 6.04. The second-order valence-corrected chi connectivity index (χ2v) is 8.84. The third-order valence-electron chi connectivity index (χ3n) is 6.26. The first-order chi connectivity index (χ1) is 19.9. The van der Waals surface area contributed by atoms with E-state index in [-0.39, 0.29) is 5.69 Å². The molecule has 0 aliphatic carbocycles. The van der Waals surface area contributed by atoms with Crippen LogP contribution in [-0.4, -0.2) is 53.6 Å². The Bertz CT molecular complexity index is 1700. The summed E-state index contributed by atoms with van der Waals surface area (Å²) in [5.41, 5.74) is 2.55. The van der Waals surface area contributed by atoms with Crippen LogP contribution in [0.2, 0.25) is 0 Å². The third kappa shape index (κ3) is 5.69. The van der Waals surface area contributed by atoms with Crippen molar-refractivity contribution in [2.45, 2.75) is 13.8 Å². The Morgan fingerprint density at radius 1 is 0.878 bits per heavy atom. The number of nitrogens with one attached hydrogen (secondary N) is 1. The van der Waals surface area contributed by atoms with Crippen LogP contribution in [-0.2, 0) is 0 Å². The summed E-state index contributed by atoms with van der Waals surface area (Å²) in [6, 6.07) is 14.3. The number of methoxy groups -OCH3 is 3. The van der Waals surface area contributed by atoms with E-state index in [0.29, 0.717) is 46.7 Å². The summed E-state index contributed by atoms with van der Waals surface area (Å²) in [6.07, 6.45) is 4.85. The normalized spacial score (nSPS) is 10.8. The highest BCUT2D eigenvalue weighted by Gasteiger charge is 2.20. The van der Waals surface area contributed by atoms with Crippen molar-refractivity contribution in [1.82, 2.24) is 19.7 Å². The number of benzene rings is 2. The van der Waals surface area contributed by atoms with E-state index in [1.807, 2.05) is 32.0 Å². The molecule has 0 saturated carbocycles. The maximum Gasteiger partial charge on any atom is 0.281 e. The number of hydrogen-bond donors (Lipinski definition) is 1. The van der Waals surface area contributed by atoms with Crippen LogP contribution in [0.4, 0.5) is 5.82 Å². The molecule has 5 rings (SSSR count). The van der Waals surface area contributed by atoms with Gasteiger partial charge in [0.25, 0.3) is 5.91 Å². The predicted molar refractivity (Wildman–Crippen MR) is 153 cm³/mol. The first kappa shape index (κ1) is 27.3. The van der Waals surface area contributed by atoms with E-state index >= 15 is 0 Å². The second kappa shape index (κ2) is 11.8. The number of carbonyl (C=O) groups is 1. The SMILES string of the molecule is CCOc1cn(-c2ccc(OC)cc2C)nc1C(=O)Nc1ccc(Oc2ccnc3cc(OC)c(OC)cc23)cn1. The Morgan fingerprint density at radius 3 is 2.34 bits per heavy atom. The molecule has 1 amide bonds. The number of fused-ring (bicyclic) bond motifs is 1. The molecule has 3 heterocycles. The van der Waals surface area contributed by atoms with Crippen molar-refractivity contribution in [2.24, 2.45) is 0 Å². The van der Waals surface area contributed by atoms with Crippen molar-refractivity contribution in [1.29, 1.82) is 0 Å². The fraction of sp³-hybridized carbons (Fsp3) is 0.200. The quantitative estimate of drug-likeness (QED) is 0.235. The Labute approximate surface area is 236 Å². The molecule has 0 aliphatic rings. The molecule has 0 spiro atoms. The van der Waals surface area contributed by atoms with E-state index in [4.69, 9.17) is 23.7 Å². The summed E-state index contributed by atoms with van der Waals surface area (Å²) in [5.74, 6) is 3.13. The molecule has 0 unspecified atom stereocenters. The Hall–Kier alpha value is -5.32. The number of aryl methyl sites for hydroxylation is 1. The molecule has 0 atom stereocenters. The molecular weight excluding hydrogens is 526 g/mol. The molecule has 0 saturated heterocycles. The summed E-state index contributed by atoms with van der Waals surface area (Å²) in [5, 5.41) is 8.03. The Kier molecular flexibility index (Phi) is 7.86. The smallest absolute Gasteiger partial charge is 0.281 e. The number of aromatic nitrogens is 4. The van der Waals surface area contributed by atoms with Crippen LogP contribution in [0.3, 0.4) is 0 Å². The van der Waals surface area contributed by atoms with Gasteiger partial charge in [0.1, 0.15) is 23.1 Å². The van der Waals surface area contributed by atoms with Crippen LogP contribution in [0.15, 0.2) is 67.1 Å². The van der Waals surface area contributed by atoms with E-state index in [1.54, 1.807) is 68.7 Å². The van der Waals surface area contributed by atoms with Crippen molar-refractivity contribution in [3.05, 3.63) is 78.4 Å². The minimum absolute atomic E-state index is 0.136.